The summed E-state index contributed by atoms with van der Waals surface area (Å²) in [4.78, 5) is 11.7. The van der Waals surface area contributed by atoms with Crippen molar-refractivity contribution in [1.29, 1.82) is 0 Å². The fraction of sp³-hybridized carbons (Fsp3) is 0.118. The van der Waals surface area contributed by atoms with Crippen LogP contribution < -0.4 is 5.23 Å². The fourth-order valence-electron chi connectivity index (χ4n) is 2.01. The Kier molecular flexibility index (Phi) is 5.76. The molecule has 0 fully saturated rings. The first-order valence-corrected chi connectivity index (χ1v) is 7.30. The van der Waals surface area contributed by atoms with E-state index in [1.54, 1.807) is 13.0 Å². The van der Waals surface area contributed by atoms with Crippen LogP contribution in [-0.2, 0) is 4.74 Å². The second-order valence-corrected chi connectivity index (χ2v) is 5.04. The summed E-state index contributed by atoms with van der Waals surface area (Å²) >= 11 is 6.25. The molecular formula is C17H15ClNO4-. The first-order chi connectivity index (χ1) is 11.0. The molecule has 5 nitrogen and oxygen atoms in total. The highest BCUT2D eigenvalue weighted by Crippen LogP contribution is 2.31. The van der Waals surface area contributed by atoms with Crippen molar-refractivity contribution in [2.75, 3.05) is 11.8 Å². The van der Waals surface area contributed by atoms with Crippen LogP contribution in [0.1, 0.15) is 28.4 Å². The first kappa shape index (κ1) is 17.0. The van der Waals surface area contributed by atoms with Gasteiger partial charge < -0.3 is 15.2 Å². The summed E-state index contributed by atoms with van der Waals surface area (Å²) in [5.74, 6) is -0.578. The van der Waals surface area contributed by atoms with Crippen LogP contribution in [0, 0.1) is 5.21 Å². The Labute approximate surface area is 138 Å². The highest BCUT2D eigenvalue weighted by atomic mass is 35.5. The minimum atomic E-state index is -0.578. The number of rotatable bonds is 5. The number of ether oxygens (including phenoxy) is 1. The van der Waals surface area contributed by atoms with Crippen molar-refractivity contribution in [1.82, 2.24) is 0 Å². The van der Waals surface area contributed by atoms with Gasteiger partial charge in [-0.25, -0.2) is 4.79 Å². The third kappa shape index (κ3) is 4.32. The molecule has 6 heteroatoms. The van der Waals surface area contributed by atoms with Gasteiger partial charge in [0.15, 0.2) is 0 Å². The van der Waals surface area contributed by atoms with Gasteiger partial charge in [0.1, 0.15) is 0 Å². The number of carbonyl (C=O) groups is 1. The van der Waals surface area contributed by atoms with Crippen LogP contribution >= 0.6 is 11.6 Å². The third-order valence-corrected chi connectivity index (χ3v) is 3.38. The maximum atomic E-state index is 11.7. The van der Waals surface area contributed by atoms with Crippen molar-refractivity contribution in [3.05, 3.63) is 70.4 Å². The topological polar surface area (TPSA) is 72.8 Å². The normalized spacial score (nSPS) is 11.2. The smallest absolute Gasteiger partial charge is 0.338 e. The van der Waals surface area contributed by atoms with E-state index < -0.39 is 5.97 Å². The molecule has 0 saturated carbocycles. The Morgan fingerprint density at radius 1 is 1.30 bits per heavy atom. The minimum absolute atomic E-state index is 0.132. The monoisotopic (exact) mass is 332 g/mol. The molecule has 23 heavy (non-hydrogen) atoms. The molecule has 0 radical (unpaired) electrons. The van der Waals surface area contributed by atoms with Crippen molar-refractivity contribution in [3.63, 3.8) is 0 Å². The van der Waals surface area contributed by atoms with Crippen molar-refractivity contribution in [2.45, 2.75) is 6.92 Å². The van der Waals surface area contributed by atoms with E-state index in [2.05, 4.69) is 0 Å². The fourth-order valence-corrected chi connectivity index (χ4v) is 2.29. The van der Waals surface area contributed by atoms with Crippen molar-refractivity contribution < 1.29 is 14.7 Å². The Bertz CT molecular complexity index is 714. The number of esters is 1. The summed E-state index contributed by atoms with van der Waals surface area (Å²) in [6, 6.07) is 13.5. The maximum absolute atomic E-state index is 11.7. The molecule has 0 aliphatic carbocycles. The van der Waals surface area contributed by atoms with Crippen molar-refractivity contribution in [2.24, 2.45) is 0 Å². The van der Waals surface area contributed by atoms with Gasteiger partial charge in [-0.15, -0.1) is 0 Å². The number of halogens is 1. The predicted molar refractivity (Wildman–Crippen MR) is 90.2 cm³/mol. The number of hydrogen-bond donors (Lipinski definition) is 1. The number of nitrogens with zero attached hydrogens (tertiary/aromatic N) is 1. The van der Waals surface area contributed by atoms with Crippen LogP contribution in [0.4, 0.5) is 5.69 Å². The van der Waals surface area contributed by atoms with E-state index >= 15 is 0 Å². The summed E-state index contributed by atoms with van der Waals surface area (Å²) in [7, 11) is 0. The number of carbonyl (C=O) groups excluding carboxylic acids is 1. The average Bonchev–Trinajstić information content (AvgIpc) is 2.55. The van der Waals surface area contributed by atoms with Gasteiger partial charge in [0.2, 0.25) is 0 Å². The Morgan fingerprint density at radius 2 is 2.00 bits per heavy atom. The number of benzene rings is 2. The summed E-state index contributed by atoms with van der Waals surface area (Å²) in [6.07, 6.45) is 1.66. The molecule has 0 aliphatic rings. The van der Waals surface area contributed by atoms with Gasteiger partial charge in [-0.1, -0.05) is 48.0 Å². The molecule has 0 heterocycles. The second kappa shape index (κ2) is 7.78. The Morgan fingerprint density at radius 3 is 2.61 bits per heavy atom. The predicted octanol–water partition coefficient (Wildman–Crippen LogP) is 4.29. The van der Waals surface area contributed by atoms with Crippen molar-refractivity contribution in [3.8, 4) is 0 Å². The molecule has 0 atom stereocenters. The lowest BCUT2D eigenvalue weighted by molar-refractivity contribution is 0.0526. The van der Waals surface area contributed by atoms with Gasteiger partial charge in [-0.2, -0.15) is 0 Å². The lowest BCUT2D eigenvalue weighted by atomic mass is 10.1. The number of anilines is 1. The molecule has 0 spiro atoms. The Balaban J connectivity index is 2.42. The van der Waals surface area contributed by atoms with Crippen LogP contribution in [0.5, 0.6) is 0 Å². The van der Waals surface area contributed by atoms with E-state index in [0.29, 0.717) is 5.56 Å². The quantitative estimate of drug-likeness (QED) is 0.502. The molecule has 2 aromatic carbocycles. The van der Waals surface area contributed by atoms with E-state index in [-0.39, 0.29) is 28.1 Å². The average molecular weight is 333 g/mol. The molecule has 0 bridgehead atoms. The zero-order valence-corrected chi connectivity index (χ0v) is 13.2. The lowest BCUT2D eigenvalue weighted by Gasteiger charge is -2.25. The molecule has 0 saturated heterocycles. The van der Waals surface area contributed by atoms with Gasteiger partial charge in [0.25, 0.3) is 0 Å². The zero-order chi connectivity index (χ0) is 16.8. The minimum Gasteiger partial charge on any atom is -0.733 e. The van der Waals surface area contributed by atoms with Gasteiger partial charge in [0, 0.05) is 5.56 Å². The number of hydrogen-bond acceptors (Lipinski definition) is 5. The molecule has 0 unspecified atom stereocenters. The highest BCUT2D eigenvalue weighted by Gasteiger charge is 2.13. The van der Waals surface area contributed by atoms with Gasteiger partial charge in [0.05, 0.1) is 22.9 Å². The van der Waals surface area contributed by atoms with E-state index in [4.69, 9.17) is 16.3 Å². The molecule has 0 aliphatic heterocycles. The first-order valence-electron chi connectivity index (χ1n) is 6.93. The summed E-state index contributed by atoms with van der Waals surface area (Å²) in [5, 5.41) is 20.6. The van der Waals surface area contributed by atoms with Gasteiger partial charge in [-0.3, -0.25) is 5.21 Å². The van der Waals surface area contributed by atoms with Gasteiger partial charge >= 0.3 is 5.97 Å². The molecule has 1 N–H and O–H groups in total. The molecule has 120 valence electrons. The van der Waals surface area contributed by atoms with Gasteiger partial charge in [-0.05, 0) is 30.7 Å². The maximum Gasteiger partial charge on any atom is 0.338 e. The molecule has 2 rings (SSSR count). The molecule has 2 aromatic rings. The Hall–Kier alpha value is -2.34. The largest absolute Gasteiger partial charge is 0.733 e. The summed E-state index contributed by atoms with van der Waals surface area (Å²) < 4.78 is 4.87. The SMILES string of the molecule is CCOC(=O)c1ccc(C(Cl)=Cc2ccccc2)c(N([O-])O)c1. The van der Waals surface area contributed by atoms with Crippen molar-refractivity contribution >= 4 is 34.4 Å². The van der Waals surface area contributed by atoms with Crippen LogP contribution in [-0.4, -0.2) is 17.8 Å². The highest BCUT2D eigenvalue weighted by molar-refractivity contribution is 6.51. The lowest BCUT2D eigenvalue weighted by Crippen LogP contribution is -2.12. The van der Waals surface area contributed by atoms with Crippen LogP contribution in [0.15, 0.2) is 48.5 Å². The zero-order valence-electron chi connectivity index (χ0n) is 12.4. The molecular weight excluding hydrogens is 318 g/mol. The van der Waals surface area contributed by atoms with Crippen LogP contribution in [0.3, 0.4) is 0 Å². The van der Waals surface area contributed by atoms with Crippen LogP contribution in [0.2, 0.25) is 0 Å². The van der Waals surface area contributed by atoms with E-state index in [1.165, 1.54) is 18.2 Å². The second-order valence-electron chi connectivity index (χ2n) is 4.63. The standard InChI is InChI=1S/C17H15ClNO4/c1-2-23-17(20)13-8-9-14(16(11-13)19(21)22)15(18)10-12-6-4-3-5-7-12/h3-11,21H,2H2,1H3/q-1. The summed E-state index contributed by atoms with van der Waals surface area (Å²) in [6.45, 7) is 1.89. The van der Waals surface area contributed by atoms with Crippen LogP contribution in [0.25, 0.3) is 11.1 Å². The van der Waals surface area contributed by atoms with E-state index in [9.17, 15) is 15.2 Å². The molecule has 0 amide bonds. The molecule has 0 aromatic heterocycles. The third-order valence-electron chi connectivity index (χ3n) is 3.07. The van der Waals surface area contributed by atoms with E-state index in [1.807, 2.05) is 30.3 Å². The summed E-state index contributed by atoms with van der Waals surface area (Å²) in [5.41, 5.74) is 1.17. The van der Waals surface area contributed by atoms with E-state index in [0.717, 1.165) is 5.56 Å².